The van der Waals surface area contributed by atoms with Crippen LogP contribution in [0.25, 0.3) is 10.8 Å². The molecule has 0 fully saturated rings. The predicted octanol–water partition coefficient (Wildman–Crippen LogP) is 5.50. The number of nitrogens with zero attached hydrogens (tertiary/aromatic N) is 3. The van der Waals surface area contributed by atoms with Gasteiger partial charge < -0.3 is 10.1 Å². The Hall–Kier alpha value is -4.00. The van der Waals surface area contributed by atoms with Gasteiger partial charge >= 0.3 is 11.6 Å². The molecule has 0 aliphatic carbocycles. The molecular formula is C22H18N4O3. The monoisotopic (exact) mass is 386 g/mol. The highest BCUT2D eigenvalue weighted by molar-refractivity contribution is 5.88. The maximum atomic E-state index is 11.8. The number of nitrogens with one attached hydrogen (secondary N) is 1. The Kier molecular flexibility index (Phi) is 5.03. The van der Waals surface area contributed by atoms with Crippen LogP contribution in [0.1, 0.15) is 18.5 Å². The van der Waals surface area contributed by atoms with Crippen molar-refractivity contribution in [3.8, 4) is 11.6 Å². The van der Waals surface area contributed by atoms with Gasteiger partial charge in [-0.3, -0.25) is 10.1 Å². The Balaban J connectivity index is 1.71. The van der Waals surface area contributed by atoms with Crippen LogP contribution in [0, 0.1) is 10.1 Å². The summed E-state index contributed by atoms with van der Waals surface area (Å²) in [5, 5.41) is 16.7. The van der Waals surface area contributed by atoms with Crippen molar-refractivity contribution in [1.29, 1.82) is 0 Å². The van der Waals surface area contributed by atoms with Crippen LogP contribution in [0.15, 0.2) is 79.1 Å². The first-order chi connectivity index (χ1) is 14.1. The molecule has 1 aromatic heterocycles. The third-order valence-corrected chi connectivity index (χ3v) is 4.58. The highest BCUT2D eigenvalue weighted by Crippen LogP contribution is 2.37. The van der Waals surface area contributed by atoms with Gasteiger partial charge in [0.25, 0.3) is 0 Å². The van der Waals surface area contributed by atoms with Crippen molar-refractivity contribution < 1.29 is 9.66 Å². The van der Waals surface area contributed by atoms with Gasteiger partial charge in [0.1, 0.15) is 12.1 Å². The second-order valence-corrected chi connectivity index (χ2v) is 6.49. The molecule has 1 unspecified atom stereocenters. The molecule has 0 aliphatic heterocycles. The lowest BCUT2D eigenvalue weighted by atomic mass is 10.1. The number of rotatable bonds is 6. The normalized spacial score (nSPS) is 11.8. The average molecular weight is 386 g/mol. The summed E-state index contributed by atoms with van der Waals surface area (Å²) in [6.45, 7) is 1.91. The topological polar surface area (TPSA) is 90.2 Å². The highest BCUT2D eigenvalue weighted by Gasteiger charge is 2.26. The van der Waals surface area contributed by atoms with E-state index in [2.05, 4.69) is 15.3 Å². The van der Waals surface area contributed by atoms with Crippen molar-refractivity contribution in [2.45, 2.75) is 13.0 Å². The first kappa shape index (κ1) is 18.4. The molecule has 0 radical (unpaired) electrons. The average Bonchev–Trinajstić information content (AvgIpc) is 2.74. The van der Waals surface area contributed by atoms with Crippen molar-refractivity contribution in [3.63, 3.8) is 0 Å². The summed E-state index contributed by atoms with van der Waals surface area (Å²) < 4.78 is 5.88. The summed E-state index contributed by atoms with van der Waals surface area (Å²) in [5.74, 6) is 0.493. The number of aromatic nitrogens is 2. The number of nitro groups is 1. The molecule has 0 spiro atoms. The maximum Gasteiger partial charge on any atom is 0.373 e. The van der Waals surface area contributed by atoms with Gasteiger partial charge in [-0.2, -0.15) is 4.98 Å². The van der Waals surface area contributed by atoms with E-state index in [0.29, 0.717) is 5.75 Å². The van der Waals surface area contributed by atoms with E-state index in [0.717, 1.165) is 16.3 Å². The fraction of sp³-hybridized carbons (Fsp3) is 0.0909. The van der Waals surface area contributed by atoms with E-state index in [1.165, 1.54) is 6.33 Å². The molecule has 1 N–H and O–H groups in total. The van der Waals surface area contributed by atoms with E-state index < -0.39 is 4.92 Å². The predicted molar refractivity (Wildman–Crippen MR) is 111 cm³/mol. The van der Waals surface area contributed by atoms with Crippen LogP contribution in [-0.4, -0.2) is 14.9 Å². The first-order valence-electron chi connectivity index (χ1n) is 9.10. The zero-order chi connectivity index (χ0) is 20.2. The number of hydrogen-bond donors (Lipinski definition) is 1. The van der Waals surface area contributed by atoms with Crippen LogP contribution in [0.3, 0.4) is 0 Å². The first-order valence-corrected chi connectivity index (χ1v) is 9.10. The zero-order valence-electron chi connectivity index (χ0n) is 15.6. The Morgan fingerprint density at radius 3 is 2.48 bits per heavy atom. The maximum absolute atomic E-state index is 11.8. The molecule has 4 aromatic rings. The molecule has 4 rings (SSSR count). The van der Waals surface area contributed by atoms with E-state index >= 15 is 0 Å². The smallest absolute Gasteiger partial charge is 0.373 e. The minimum Gasteiger partial charge on any atom is -0.433 e. The van der Waals surface area contributed by atoms with Crippen molar-refractivity contribution in [2.24, 2.45) is 0 Å². The second-order valence-electron chi connectivity index (χ2n) is 6.49. The van der Waals surface area contributed by atoms with Crippen LogP contribution in [0.5, 0.6) is 11.6 Å². The van der Waals surface area contributed by atoms with Crippen LogP contribution < -0.4 is 10.1 Å². The molecule has 7 nitrogen and oxygen atoms in total. The third kappa shape index (κ3) is 3.84. The van der Waals surface area contributed by atoms with Crippen LogP contribution in [0.2, 0.25) is 0 Å². The van der Waals surface area contributed by atoms with Crippen molar-refractivity contribution in [2.75, 3.05) is 5.32 Å². The van der Waals surface area contributed by atoms with Gasteiger partial charge in [-0.15, -0.1) is 0 Å². The third-order valence-electron chi connectivity index (χ3n) is 4.58. The fourth-order valence-corrected chi connectivity index (χ4v) is 3.13. The zero-order valence-corrected chi connectivity index (χ0v) is 15.6. The molecule has 0 bridgehead atoms. The second kappa shape index (κ2) is 7.93. The summed E-state index contributed by atoms with van der Waals surface area (Å²) >= 11 is 0. The number of anilines is 1. The molecule has 0 saturated heterocycles. The lowest BCUT2D eigenvalue weighted by Gasteiger charge is -2.15. The Bertz CT molecular complexity index is 1160. The van der Waals surface area contributed by atoms with Crippen LogP contribution >= 0.6 is 0 Å². The molecule has 7 heteroatoms. The SMILES string of the molecule is CC(Nc1ncnc(Oc2cccc3ccccc23)c1[N+](=O)[O-])c1ccccc1. The molecule has 144 valence electrons. The van der Waals surface area contributed by atoms with Gasteiger partial charge in [0, 0.05) is 5.39 Å². The van der Waals surface area contributed by atoms with Gasteiger partial charge in [-0.25, -0.2) is 4.98 Å². The Morgan fingerprint density at radius 1 is 0.966 bits per heavy atom. The fourth-order valence-electron chi connectivity index (χ4n) is 3.13. The summed E-state index contributed by atoms with van der Waals surface area (Å²) in [6, 6.07) is 22.6. The number of ether oxygens (including phenoxy) is 1. The summed E-state index contributed by atoms with van der Waals surface area (Å²) in [5.41, 5.74) is 0.681. The lowest BCUT2D eigenvalue weighted by molar-refractivity contribution is -0.385. The van der Waals surface area contributed by atoms with Gasteiger partial charge in [0.05, 0.1) is 11.0 Å². The molecule has 29 heavy (non-hydrogen) atoms. The number of benzene rings is 3. The number of fused-ring (bicyclic) bond motifs is 1. The van der Waals surface area contributed by atoms with E-state index in [1.807, 2.05) is 73.7 Å². The van der Waals surface area contributed by atoms with Gasteiger partial charge in [0.15, 0.2) is 0 Å². The van der Waals surface area contributed by atoms with Crippen LogP contribution in [-0.2, 0) is 0 Å². The van der Waals surface area contributed by atoms with Crippen LogP contribution in [0.4, 0.5) is 11.5 Å². The summed E-state index contributed by atoms with van der Waals surface area (Å²) in [4.78, 5) is 19.4. The Morgan fingerprint density at radius 2 is 1.69 bits per heavy atom. The standard InChI is InChI=1S/C22H18N4O3/c1-15(16-8-3-2-4-9-16)25-21-20(26(27)28)22(24-14-23-21)29-19-13-7-11-17-10-5-6-12-18(17)19/h2-15H,1H3,(H,23,24,25). The minimum atomic E-state index is -0.527. The molecule has 0 saturated carbocycles. The van der Waals surface area contributed by atoms with E-state index in [-0.39, 0.29) is 23.4 Å². The molecular weight excluding hydrogens is 368 g/mol. The van der Waals surface area contributed by atoms with Crippen molar-refractivity contribution in [1.82, 2.24) is 9.97 Å². The molecule has 0 aliphatic rings. The number of hydrogen-bond acceptors (Lipinski definition) is 6. The lowest BCUT2D eigenvalue weighted by Crippen LogP contribution is -2.11. The van der Waals surface area contributed by atoms with Gasteiger partial charge in [0.2, 0.25) is 5.82 Å². The molecule has 0 amide bonds. The van der Waals surface area contributed by atoms with E-state index in [1.54, 1.807) is 6.07 Å². The van der Waals surface area contributed by atoms with Crippen molar-refractivity contribution >= 4 is 22.3 Å². The highest BCUT2D eigenvalue weighted by atomic mass is 16.6. The van der Waals surface area contributed by atoms with E-state index in [4.69, 9.17) is 4.74 Å². The summed E-state index contributed by atoms with van der Waals surface area (Å²) in [6.07, 6.45) is 1.26. The van der Waals surface area contributed by atoms with Crippen molar-refractivity contribution in [3.05, 3.63) is 94.8 Å². The molecule has 1 atom stereocenters. The molecule has 1 heterocycles. The molecule has 3 aromatic carbocycles. The minimum absolute atomic E-state index is 0.107. The van der Waals surface area contributed by atoms with Gasteiger partial charge in [-0.05, 0) is 23.9 Å². The quantitative estimate of drug-likeness (QED) is 0.347. The van der Waals surface area contributed by atoms with Gasteiger partial charge in [-0.1, -0.05) is 66.7 Å². The largest absolute Gasteiger partial charge is 0.433 e. The summed E-state index contributed by atoms with van der Waals surface area (Å²) in [7, 11) is 0. The van der Waals surface area contributed by atoms with E-state index in [9.17, 15) is 10.1 Å². The Labute approximate surface area is 167 Å².